The summed E-state index contributed by atoms with van der Waals surface area (Å²) in [6.07, 6.45) is 1.73. The predicted octanol–water partition coefficient (Wildman–Crippen LogP) is 1.64. The van der Waals surface area contributed by atoms with Crippen molar-refractivity contribution >= 4 is 16.7 Å². The Kier molecular flexibility index (Phi) is 2.74. The Morgan fingerprint density at radius 3 is 3.00 bits per heavy atom. The lowest BCUT2D eigenvalue weighted by atomic mass is 10.0. The minimum absolute atomic E-state index is 0.0936. The van der Waals surface area contributed by atoms with Crippen LogP contribution < -0.4 is 5.32 Å². The topological polar surface area (TPSA) is 42.0 Å². The van der Waals surface area contributed by atoms with E-state index in [9.17, 15) is 4.79 Å². The first-order chi connectivity index (χ1) is 7.33. The average Bonchev–Trinajstić information content (AvgIpc) is 2.28. The summed E-state index contributed by atoms with van der Waals surface area (Å²) in [5, 5.41) is 3.78. The quantitative estimate of drug-likeness (QED) is 0.766. The summed E-state index contributed by atoms with van der Waals surface area (Å²) in [6.45, 7) is 0.355. The van der Waals surface area contributed by atoms with Gasteiger partial charge in [0.15, 0.2) is 5.78 Å². The van der Waals surface area contributed by atoms with E-state index in [2.05, 4.69) is 10.3 Å². The van der Waals surface area contributed by atoms with Crippen LogP contribution in [0.25, 0.3) is 10.9 Å². The van der Waals surface area contributed by atoms with E-state index in [-0.39, 0.29) is 5.78 Å². The molecular formula is C12H12N2O. The lowest BCUT2D eigenvalue weighted by molar-refractivity contribution is 0.0995. The number of carbonyl (C=O) groups is 1. The van der Waals surface area contributed by atoms with Gasteiger partial charge in [-0.05, 0) is 19.2 Å². The molecule has 0 atom stereocenters. The number of pyridine rings is 1. The molecule has 76 valence electrons. The SMILES string of the molecule is CNCC(=O)c1cccc2ncccc12. The fourth-order valence-electron chi connectivity index (χ4n) is 1.60. The van der Waals surface area contributed by atoms with Crippen molar-refractivity contribution in [1.82, 2.24) is 10.3 Å². The average molecular weight is 200 g/mol. The Labute approximate surface area is 88.1 Å². The fraction of sp³-hybridized carbons (Fsp3) is 0.167. The fourth-order valence-corrected chi connectivity index (χ4v) is 1.60. The van der Waals surface area contributed by atoms with E-state index in [1.54, 1.807) is 13.2 Å². The number of ketones is 1. The second kappa shape index (κ2) is 4.19. The molecule has 0 aliphatic heterocycles. The van der Waals surface area contributed by atoms with Crippen LogP contribution in [0.5, 0.6) is 0 Å². The highest BCUT2D eigenvalue weighted by Crippen LogP contribution is 2.16. The number of nitrogens with zero attached hydrogens (tertiary/aromatic N) is 1. The van der Waals surface area contributed by atoms with E-state index < -0.39 is 0 Å². The van der Waals surface area contributed by atoms with Crippen molar-refractivity contribution in [2.45, 2.75) is 0 Å². The van der Waals surface area contributed by atoms with E-state index in [1.807, 2.05) is 30.3 Å². The number of nitrogens with one attached hydrogen (secondary N) is 1. The first-order valence-electron chi connectivity index (χ1n) is 4.84. The molecule has 1 N–H and O–H groups in total. The van der Waals surface area contributed by atoms with Crippen LogP contribution in [-0.4, -0.2) is 24.4 Å². The number of benzene rings is 1. The monoisotopic (exact) mass is 200 g/mol. The number of carbonyl (C=O) groups excluding carboxylic acids is 1. The zero-order valence-corrected chi connectivity index (χ0v) is 8.53. The third-order valence-corrected chi connectivity index (χ3v) is 2.28. The second-order valence-electron chi connectivity index (χ2n) is 3.33. The van der Waals surface area contributed by atoms with Crippen molar-refractivity contribution in [3.05, 3.63) is 42.1 Å². The molecule has 0 unspecified atom stereocenters. The van der Waals surface area contributed by atoms with Crippen molar-refractivity contribution in [1.29, 1.82) is 0 Å². The van der Waals surface area contributed by atoms with Gasteiger partial charge < -0.3 is 5.32 Å². The smallest absolute Gasteiger partial charge is 0.177 e. The van der Waals surface area contributed by atoms with Crippen molar-refractivity contribution in [2.24, 2.45) is 0 Å². The number of hydrogen-bond acceptors (Lipinski definition) is 3. The molecule has 1 aromatic heterocycles. The zero-order valence-electron chi connectivity index (χ0n) is 8.53. The maximum atomic E-state index is 11.8. The van der Waals surface area contributed by atoms with Crippen LogP contribution in [0.3, 0.4) is 0 Å². The van der Waals surface area contributed by atoms with E-state index in [4.69, 9.17) is 0 Å². The van der Waals surface area contributed by atoms with Crippen LogP contribution in [0, 0.1) is 0 Å². The van der Waals surface area contributed by atoms with Crippen molar-refractivity contribution in [2.75, 3.05) is 13.6 Å². The first kappa shape index (κ1) is 9.80. The summed E-state index contributed by atoms with van der Waals surface area (Å²) in [6, 6.07) is 9.37. The van der Waals surface area contributed by atoms with Crippen LogP contribution in [-0.2, 0) is 0 Å². The second-order valence-corrected chi connectivity index (χ2v) is 3.33. The third kappa shape index (κ3) is 1.87. The lowest BCUT2D eigenvalue weighted by Gasteiger charge is -2.04. The highest BCUT2D eigenvalue weighted by molar-refractivity contribution is 6.08. The van der Waals surface area contributed by atoms with Gasteiger partial charge >= 0.3 is 0 Å². The summed E-state index contributed by atoms with van der Waals surface area (Å²) < 4.78 is 0. The summed E-state index contributed by atoms with van der Waals surface area (Å²) in [5.41, 5.74) is 1.59. The van der Waals surface area contributed by atoms with E-state index >= 15 is 0 Å². The molecule has 0 amide bonds. The van der Waals surface area contributed by atoms with Crippen LogP contribution >= 0.6 is 0 Å². The van der Waals surface area contributed by atoms with Crippen LogP contribution in [0.15, 0.2) is 36.5 Å². The Morgan fingerprint density at radius 2 is 2.20 bits per heavy atom. The van der Waals surface area contributed by atoms with E-state index in [0.29, 0.717) is 6.54 Å². The van der Waals surface area contributed by atoms with Gasteiger partial charge in [-0.3, -0.25) is 9.78 Å². The van der Waals surface area contributed by atoms with Gasteiger partial charge in [-0.25, -0.2) is 0 Å². The number of hydrogen-bond donors (Lipinski definition) is 1. The van der Waals surface area contributed by atoms with E-state index in [0.717, 1.165) is 16.5 Å². The summed E-state index contributed by atoms with van der Waals surface area (Å²) in [5.74, 6) is 0.0936. The maximum Gasteiger partial charge on any atom is 0.177 e. The normalized spacial score (nSPS) is 10.5. The highest BCUT2D eigenvalue weighted by Gasteiger charge is 2.08. The molecule has 0 saturated heterocycles. The van der Waals surface area contributed by atoms with Gasteiger partial charge in [0.2, 0.25) is 0 Å². The molecule has 2 rings (SSSR count). The molecule has 3 heteroatoms. The molecule has 0 aliphatic rings. The third-order valence-electron chi connectivity index (χ3n) is 2.28. The maximum absolute atomic E-state index is 11.8. The largest absolute Gasteiger partial charge is 0.313 e. The molecule has 0 aliphatic carbocycles. The van der Waals surface area contributed by atoms with Crippen molar-refractivity contribution in [3.63, 3.8) is 0 Å². The predicted molar refractivity (Wildman–Crippen MR) is 60.0 cm³/mol. The number of fused-ring (bicyclic) bond motifs is 1. The van der Waals surface area contributed by atoms with Gasteiger partial charge in [0.25, 0.3) is 0 Å². The minimum Gasteiger partial charge on any atom is -0.313 e. The van der Waals surface area contributed by atoms with Gasteiger partial charge in [0.1, 0.15) is 0 Å². The molecule has 1 heterocycles. The van der Waals surface area contributed by atoms with Gasteiger partial charge in [0.05, 0.1) is 12.1 Å². The Bertz CT molecular complexity index is 488. The molecule has 2 aromatic rings. The zero-order chi connectivity index (χ0) is 10.7. The summed E-state index contributed by atoms with van der Waals surface area (Å²) in [4.78, 5) is 16.0. The molecule has 0 spiro atoms. The molecule has 1 aromatic carbocycles. The Hall–Kier alpha value is -1.74. The number of rotatable bonds is 3. The molecule has 0 bridgehead atoms. The van der Waals surface area contributed by atoms with Gasteiger partial charge in [-0.15, -0.1) is 0 Å². The Balaban J connectivity index is 2.56. The molecule has 3 nitrogen and oxygen atoms in total. The molecule has 15 heavy (non-hydrogen) atoms. The lowest BCUT2D eigenvalue weighted by Crippen LogP contribution is -2.18. The van der Waals surface area contributed by atoms with Crippen LogP contribution in [0.1, 0.15) is 10.4 Å². The van der Waals surface area contributed by atoms with Gasteiger partial charge in [-0.2, -0.15) is 0 Å². The highest BCUT2D eigenvalue weighted by atomic mass is 16.1. The number of likely N-dealkylation sites (N-methyl/N-ethyl adjacent to an activating group) is 1. The van der Waals surface area contributed by atoms with Gasteiger partial charge in [-0.1, -0.05) is 18.2 Å². The minimum atomic E-state index is 0.0936. The standard InChI is InChI=1S/C12H12N2O/c1-13-8-12(15)10-4-2-6-11-9(10)5-3-7-14-11/h2-7,13H,8H2,1H3. The molecule has 0 radical (unpaired) electrons. The van der Waals surface area contributed by atoms with Crippen LogP contribution in [0.2, 0.25) is 0 Å². The number of aromatic nitrogens is 1. The van der Waals surface area contributed by atoms with Crippen molar-refractivity contribution in [3.8, 4) is 0 Å². The van der Waals surface area contributed by atoms with E-state index in [1.165, 1.54) is 0 Å². The van der Waals surface area contributed by atoms with Gasteiger partial charge in [0, 0.05) is 17.1 Å². The van der Waals surface area contributed by atoms with Crippen LogP contribution in [0.4, 0.5) is 0 Å². The number of Topliss-reactive ketones (excluding diaryl/α,β-unsaturated/α-hetero) is 1. The molecule has 0 fully saturated rings. The molecule has 0 saturated carbocycles. The Morgan fingerprint density at radius 1 is 1.33 bits per heavy atom. The van der Waals surface area contributed by atoms with Crippen molar-refractivity contribution < 1.29 is 4.79 Å². The summed E-state index contributed by atoms with van der Waals surface area (Å²) >= 11 is 0. The molecular weight excluding hydrogens is 188 g/mol. The first-order valence-corrected chi connectivity index (χ1v) is 4.84. The summed E-state index contributed by atoms with van der Waals surface area (Å²) in [7, 11) is 1.77.